The molecule has 0 radical (unpaired) electrons. The number of aromatic nitrogens is 2. The Kier molecular flexibility index (Phi) is 6.78. The molecule has 1 aliphatic heterocycles. The van der Waals surface area contributed by atoms with Crippen LogP contribution >= 0.6 is 24.8 Å². The quantitative estimate of drug-likeness (QED) is 0.700. The van der Waals surface area contributed by atoms with E-state index >= 15 is 0 Å². The Bertz CT molecular complexity index is 853. The van der Waals surface area contributed by atoms with Crippen molar-refractivity contribution in [1.82, 2.24) is 9.97 Å². The Morgan fingerprint density at radius 3 is 2.35 bits per heavy atom. The second kappa shape index (κ2) is 8.64. The number of hydrogen-bond acceptors (Lipinski definition) is 5. The fraction of sp³-hybridized carbons (Fsp3) is 0.263. The highest BCUT2D eigenvalue weighted by Crippen LogP contribution is 2.29. The van der Waals surface area contributed by atoms with Gasteiger partial charge in [0, 0.05) is 30.1 Å². The minimum absolute atomic E-state index is 0. The van der Waals surface area contributed by atoms with E-state index in [0.29, 0.717) is 25.3 Å². The number of piperidine rings is 1. The van der Waals surface area contributed by atoms with Crippen LogP contribution in [0.4, 0.5) is 5.82 Å². The van der Waals surface area contributed by atoms with Crippen molar-refractivity contribution in [2.75, 3.05) is 18.0 Å². The van der Waals surface area contributed by atoms with Crippen LogP contribution in [0.2, 0.25) is 0 Å². The Morgan fingerprint density at radius 1 is 0.923 bits per heavy atom. The molecule has 7 heteroatoms. The van der Waals surface area contributed by atoms with Crippen molar-refractivity contribution < 1.29 is 5.11 Å². The van der Waals surface area contributed by atoms with E-state index in [0.717, 1.165) is 22.3 Å². The molecule has 3 aromatic rings. The molecule has 0 bridgehead atoms. The van der Waals surface area contributed by atoms with Gasteiger partial charge in [0.25, 0.3) is 0 Å². The molecule has 2 heterocycles. The second-order valence-electron chi connectivity index (χ2n) is 6.31. The highest BCUT2D eigenvalue weighted by atomic mass is 35.5. The van der Waals surface area contributed by atoms with Crippen LogP contribution in [0.5, 0.6) is 0 Å². The molecule has 0 amide bonds. The molecule has 1 fully saturated rings. The van der Waals surface area contributed by atoms with E-state index in [1.165, 1.54) is 0 Å². The summed E-state index contributed by atoms with van der Waals surface area (Å²) in [5.41, 5.74) is 7.98. The van der Waals surface area contributed by atoms with E-state index in [1.54, 1.807) is 0 Å². The summed E-state index contributed by atoms with van der Waals surface area (Å²) in [5.74, 6) is 1.53. The number of anilines is 1. The standard InChI is InChI=1S/C19H20N4O.2ClH/c20-14-10-15(24)12-23(11-14)19-16-8-4-5-9-17(16)21-18(22-19)13-6-2-1-3-7-13;;/h1-9,14-15,24H,10-12,20H2;2*1H/t14-,15+;;/m0../s1. The van der Waals surface area contributed by atoms with Gasteiger partial charge in [-0.05, 0) is 18.6 Å². The molecule has 1 aromatic heterocycles. The molecule has 3 N–H and O–H groups in total. The number of nitrogens with two attached hydrogens (primary N) is 1. The van der Waals surface area contributed by atoms with Gasteiger partial charge in [0.2, 0.25) is 0 Å². The van der Waals surface area contributed by atoms with Crippen molar-refractivity contribution in [3.8, 4) is 11.4 Å². The summed E-state index contributed by atoms with van der Waals surface area (Å²) in [6.45, 7) is 1.23. The molecule has 2 aromatic carbocycles. The van der Waals surface area contributed by atoms with Crippen LogP contribution in [0.1, 0.15) is 6.42 Å². The number of benzene rings is 2. The van der Waals surface area contributed by atoms with Gasteiger partial charge in [0.1, 0.15) is 5.82 Å². The second-order valence-corrected chi connectivity index (χ2v) is 6.31. The lowest BCUT2D eigenvalue weighted by Gasteiger charge is -2.35. The summed E-state index contributed by atoms with van der Waals surface area (Å²) in [4.78, 5) is 11.6. The van der Waals surface area contributed by atoms with Gasteiger partial charge in [-0.2, -0.15) is 0 Å². The predicted molar refractivity (Wildman–Crippen MR) is 110 cm³/mol. The summed E-state index contributed by atoms with van der Waals surface area (Å²) >= 11 is 0. The average molecular weight is 393 g/mol. The van der Waals surface area contributed by atoms with E-state index in [9.17, 15) is 5.11 Å². The predicted octanol–water partition coefficient (Wildman–Crippen LogP) is 3.04. The van der Waals surface area contributed by atoms with Gasteiger partial charge in [0.05, 0.1) is 11.6 Å². The van der Waals surface area contributed by atoms with Gasteiger partial charge >= 0.3 is 0 Å². The fourth-order valence-corrected chi connectivity index (χ4v) is 3.30. The molecule has 1 saturated heterocycles. The number of para-hydroxylation sites is 1. The molecule has 0 aliphatic carbocycles. The van der Waals surface area contributed by atoms with Crippen LogP contribution < -0.4 is 10.6 Å². The zero-order valence-electron chi connectivity index (χ0n) is 14.2. The number of aliphatic hydroxyl groups excluding tert-OH is 1. The fourth-order valence-electron chi connectivity index (χ4n) is 3.30. The number of nitrogens with zero attached hydrogens (tertiary/aromatic N) is 3. The van der Waals surface area contributed by atoms with Crippen molar-refractivity contribution in [2.45, 2.75) is 18.6 Å². The van der Waals surface area contributed by atoms with Gasteiger partial charge in [-0.1, -0.05) is 42.5 Å². The number of fused-ring (bicyclic) bond motifs is 1. The first-order chi connectivity index (χ1) is 11.7. The normalized spacial score (nSPS) is 19.5. The lowest BCUT2D eigenvalue weighted by Crippen LogP contribution is -2.49. The van der Waals surface area contributed by atoms with E-state index < -0.39 is 6.10 Å². The molecular weight excluding hydrogens is 371 g/mol. The third kappa shape index (κ3) is 4.07. The topological polar surface area (TPSA) is 75.3 Å². The molecule has 0 spiro atoms. The van der Waals surface area contributed by atoms with Crippen LogP contribution in [0, 0.1) is 0 Å². The Morgan fingerprint density at radius 2 is 1.62 bits per heavy atom. The average Bonchev–Trinajstić information content (AvgIpc) is 2.60. The molecule has 5 nitrogen and oxygen atoms in total. The van der Waals surface area contributed by atoms with Crippen molar-refractivity contribution in [1.29, 1.82) is 0 Å². The highest BCUT2D eigenvalue weighted by Gasteiger charge is 2.26. The SMILES string of the molecule is Cl.Cl.N[C@H]1C[C@@H](O)CN(c2nc(-c3ccccc3)nc3ccccc23)C1. The van der Waals surface area contributed by atoms with Gasteiger partial charge in [0.15, 0.2) is 5.82 Å². The molecular formula is C19H22Cl2N4O. The number of rotatable bonds is 2. The van der Waals surface area contributed by atoms with Gasteiger partial charge in [-0.3, -0.25) is 0 Å². The molecule has 4 rings (SSSR count). The van der Waals surface area contributed by atoms with E-state index in [1.807, 2.05) is 54.6 Å². The van der Waals surface area contributed by atoms with Gasteiger partial charge < -0.3 is 15.7 Å². The zero-order chi connectivity index (χ0) is 16.5. The Labute approximate surface area is 165 Å². The largest absolute Gasteiger partial charge is 0.391 e. The summed E-state index contributed by atoms with van der Waals surface area (Å²) in [7, 11) is 0. The van der Waals surface area contributed by atoms with E-state index in [4.69, 9.17) is 15.7 Å². The number of halogens is 2. The summed E-state index contributed by atoms with van der Waals surface area (Å²) < 4.78 is 0. The lowest BCUT2D eigenvalue weighted by molar-refractivity contribution is 0.145. The van der Waals surface area contributed by atoms with Crippen LogP contribution in [0.25, 0.3) is 22.3 Å². The molecule has 26 heavy (non-hydrogen) atoms. The molecule has 0 unspecified atom stereocenters. The molecule has 1 aliphatic rings. The summed E-state index contributed by atoms with van der Waals surface area (Å²) in [5, 5.41) is 11.1. The van der Waals surface area contributed by atoms with Gasteiger partial charge in [-0.25, -0.2) is 9.97 Å². The van der Waals surface area contributed by atoms with Crippen molar-refractivity contribution >= 4 is 41.5 Å². The monoisotopic (exact) mass is 392 g/mol. The summed E-state index contributed by atoms with van der Waals surface area (Å²) in [6.07, 6.45) is 0.202. The maximum atomic E-state index is 10.1. The van der Waals surface area contributed by atoms with Gasteiger partial charge in [-0.15, -0.1) is 24.8 Å². The molecule has 138 valence electrons. The van der Waals surface area contributed by atoms with Crippen molar-refractivity contribution in [3.05, 3.63) is 54.6 Å². The first kappa shape index (κ1) is 20.4. The van der Waals surface area contributed by atoms with E-state index in [-0.39, 0.29) is 30.9 Å². The van der Waals surface area contributed by atoms with Crippen LogP contribution in [-0.2, 0) is 0 Å². The number of hydrogen-bond donors (Lipinski definition) is 2. The number of aliphatic hydroxyl groups is 1. The summed E-state index contributed by atoms with van der Waals surface area (Å²) in [6, 6.07) is 17.9. The zero-order valence-corrected chi connectivity index (χ0v) is 15.8. The van der Waals surface area contributed by atoms with Crippen LogP contribution in [0.15, 0.2) is 54.6 Å². The van der Waals surface area contributed by atoms with Crippen molar-refractivity contribution in [2.24, 2.45) is 5.73 Å². The van der Waals surface area contributed by atoms with Crippen molar-refractivity contribution in [3.63, 3.8) is 0 Å². The maximum absolute atomic E-state index is 10.1. The first-order valence-corrected chi connectivity index (χ1v) is 8.21. The minimum atomic E-state index is -0.428. The number of β-amino-alcohol motifs (C(OH)–C–C–N with tert-alkyl or cyclic N) is 1. The van der Waals surface area contributed by atoms with Crippen LogP contribution in [0.3, 0.4) is 0 Å². The van der Waals surface area contributed by atoms with Crippen LogP contribution in [-0.4, -0.2) is 40.3 Å². The molecule has 0 saturated carbocycles. The maximum Gasteiger partial charge on any atom is 0.162 e. The minimum Gasteiger partial charge on any atom is -0.391 e. The third-order valence-electron chi connectivity index (χ3n) is 4.38. The third-order valence-corrected chi connectivity index (χ3v) is 4.38. The lowest BCUT2D eigenvalue weighted by atomic mass is 10.0. The highest BCUT2D eigenvalue weighted by molar-refractivity contribution is 5.91. The first-order valence-electron chi connectivity index (χ1n) is 8.21. The van der Waals surface area contributed by atoms with E-state index in [2.05, 4.69) is 4.90 Å². The smallest absolute Gasteiger partial charge is 0.162 e. The molecule has 2 atom stereocenters. The Balaban J connectivity index is 0.00000121. The Hall–Kier alpha value is -1.92.